The standard InChI is InChI=1S/C13H15NO2S2/c1-10-4-6-11(7-5-10)18(15,16)13(9-14)12-3-2-8-17-12/h2-8,13H,9,14H2,1H3/p+1/t13-/m1/s1. The quantitative estimate of drug-likeness (QED) is 0.929. The molecule has 0 saturated heterocycles. The van der Waals surface area contributed by atoms with Gasteiger partial charge in [-0.15, -0.1) is 11.3 Å². The van der Waals surface area contributed by atoms with E-state index in [0.717, 1.165) is 10.4 Å². The summed E-state index contributed by atoms with van der Waals surface area (Å²) in [7, 11) is -3.34. The molecule has 0 amide bonds. The van der Waals surface area contributed by atoms with E-state index in [0.29, 0.717) is 11.4 Å². The summed E-state index contributed by atoms with van der Waals surface area (Å²) in [6.45, 7) is 2.28. The molecule has 3 nitrogen and oxygen atoms in total. The monoisotopic (exact) mass is 282 g/mol. The summed E-state index contributed by atoms with van der Waals surface area (Å²) >= 11 is 1.46. The van der Waals surface area contributed by atoms with E-state index in [1.54, 1.807) is 12.1 Å². The Kier molecular flexibility index (Phi) is 3.85. The molecule has 1 atom stereocenters. The number of quaternary nitrogens is 1. The van der Waals surface area contributed by atoms with Gasteiger partial charge in [0.2, 0.25) is 0 Å². The van der Waals surface area contributed by atoms with Gasteiger partial charge >= 0.3 is 0 Å². The lowest BCUT2D eigenvalue weighted by molar-refractivity contribution is -0.367. The molecule has 0 aliphatic rings. The lowest BCUT2D eigenvalue weighted by Gasteiger charge is -2.12. The zero-order chi connectivity index (χ0) is 13.2. The molecule has 18 heavy (non-hydrogen) atoms. The molecule has 0 fully saturated rings. The van der Waals surface area contributed by atoms with Gasteiger partial charge in [-0.3, -0.25) is 0 Å². The van der Waals surface area contributed by atoms with Crippen LogP contribution in [0, 0.1) is 6.92 Å². The van der Waals surface area contributed by atoms with Crippen molar-refractivity contribution in [3.8, 4) is 0 Å². The van der Waals surface area contributed by atoms with Gasteiger partial charge in [-0.1, -0.05) is 23.8 Å². The summed E-state index contributed by atoms with van der Waals surface area (Å²) < 4.78 is 25.1. The van der Waals surface area contributed by atoms with Gasteiger partial charge in [-0.2, -0.15) is 0 Å². The van der Waals surface area contributed by atoms with Crippen molar-refractivity contribution in [1.82, 2.24) is 0 Å². The van der Waals surface area contributed by atoms with Crippen molar-refractivity contribution in [2.45, 2.75) is 17.1 Å². The first-order chi connectivity index (χ1) is 8.55. The lowest BCUT2D eigenvalue weighted by atomic mass is 10.2. The van der Waals surface area contributed by atoms with Gasteiger partial charge in [0, 0.05) is 4.88 Å². The number of hydrogen-bond acceptors (Lipinski definition) is 3. The molecule has 2 aromatic rings. The summed E-state index contributed by atoms with van der Waals surface area (Å²) in [5, 5.41) is 1.35. The van der Waals surface area contributed by atoms with Crippen LogP contribution in [0.2, 0.25) is 0 Å². The molecule has 0 spiro atoms. The van der Waals surface area contributed by atoms with Crippen LogP contribution in [0.1, 0.15) is 15.7 Å². The fourth-order valence-electron chi connectivity index (χ4n) is 1.82. The summed E-state index contributed by atoms with van der Waals surface area (Å²) in [5.74, 6) is 0. The first kappa shape index (κ1) is 13.3. The maximum atomic E-state index is 12.5. The molecule has 96 valence electrons. The Hall–Kier alpha value is -1.17. The van der Waals surface area contributed by atoms with Crippen LogP contribution in [-0.4, -0.2) is 15.0 Å². The molecule has 1 aromatic carbocycles. The van der Waals surface area contributed by atoms with Crippen LogP contribution in [-0.2, 0) is 9.84 Å². The highest BCUT2D eigenvalue weighted by Crippen LogP contribution is 2.30. The Morgan fingerprint density at radius 1 is 1.22 bits per heavy atom. The van der Waals surface area contributed by atoms with E-state index in [2.05, 4.69) is 5.73 Å². The van der Waals surface area contributed by atoms with Crippen LogP contribution in [0.15, 0.2) is 46.7 Å². The maximum Gasteiger partial charge on any atom is 0.191 e. The third-order valence-corrected chi connectivity index (χ3v) is 6.15. The number of thiophene rings is 1. The van der Waals surface area contributed by atoms with E-state index < -0.39 is 15.1 Å². The SMILES string of the molecule is Cc1ccc(S(=O)(=O)[C@H](C[NH3+])c2cccs2)cc1. The minimum Gasteiger partial charge on any atom is -0.356 e. The van der Waals surface area contributed by atoms with Crippen molar-refractivity contribution in [1.29, 1.82) is 0 Å². The molecule has 2 rings (SSSR count). The van der Waals surface area contributed by atoms with Crippen molar-refractivity contribution in [3.05, 3.63) is 52.2 Å². The fourth-order valence-corrected chi connectivity index (χ4v) is 4.64. The highest BCUT2D eigenvalue weighted by molar-refractivity contribution is 7.91. The highest BCUT2D eigenvalue weighted by Gasteiger charge is 2.30. The number of aryl methyl sites for hydroxylation is 1. The highest BCUT2D eigenvalue weighted by atomic mass is 32.2. The van der Waals surface area contributed by atoms with Gasteiger partial charge in [-0.05, 0) is 30.5 Å². The summed E-state index contributed by atoms with van der Waals surface area (Å²) in [4.78, 5) is 1.22. The van der Waals surface area contributed by atoms with Gasteiger partial charge in [0.25, 0.3) is 0 Å². The molecule has 0 radical (unpaired) electrons. The second-order valence-electron chi connectivity index (χ2n) is 4.15. The molecule has 5 heteroatoms. The van der Waals surface area contributed by atoms with Crippen LogP contribution < -0.4 is 5.73 Å². The Bertz CT molecular complexity index is 601. The summed E-state index contributed by atoms with van der Waals surface area (Å²) in [5.41, 5.74) is 4.83. The largest absolute Gasteiger partial charge is 0.356 e. The number of rotatable bonds is 4. The lowest BCUT2D eigenvalue weighted by Crippen LogP contribution is -2.54. The van der Waals surface area contributed by atoms with Gasteiger partial charge in [0.15, 0.2) is 9.84 Å². The fraction of sp³-hybridized carbons (Fsp3) is 0.231. The van der Waals surface area contributed by atoms with Crippen LogP contribution in [0.3, 0.4) is 0 Å². The molecular formula is C13H16NO2S2+. The van der Waals surface area contributed by atoms with Gasteiger partial charge in [0.1, 0.15) is 5.25 Å². The molecule has 0 bridgehead atoms. The Morgan fingerprint density at radius 2 is 1.89 bits per heavy atom. The number of sulfone groups is 1. The van der Waals surface area contributed by atoms with E-state index in [1.807, 2.05) is 36.6 Å². The maximum absolute atomic E-state index is 12.5. The molecule has 0 unspecified atom stereocenters. The Labute approximate surface area is 111 Å². The minimum absolute atomic E-state index is 0.344. The molecule has 1 heterocycles. The second-order valence-corrected chi connectivity index (χ2v) is 7.26. The average molecular weight is 282 g/mol. The predicted molar refractivity (Wildman–Crippen MR) is 73.2 cm³/mol. The minimum atomic E-state index is -3.34. The van der Waals surface area contributed by atoms with Crippen LogP contribution >= 0.6 is 11.3 Å². The topological polar surface area (TPSA) is 61.8 Å². The normalized spacial score (nSPS) is 13.4. The third kappa shape index (κ3) is 2.48. The van der Waals surface area contributed by atoms with E-state index in [4.69, 9.17) is 0 Å². The second kappa shape index (κ2) is 5.22. The first-order valence-electron chi connectivity index (χ1n) is 5.69. The number of benzene rings is 1. The van der Waals surface area contributed by atoms with E-state index in [1.165, 1.54) is 11.3 Å². The third-order valence-electron chi connectivity index (χ3n) is 2.85. The van der Waals surface area contributed by atoms with E-state index in [-0.39, 0.29) is 0 Å². The van der Waals surface area contributed by atoms with E-state index in [9.17, 15) is 8.42 Å². The summed E-state index contributed by atoms with van der Waals surface area (Å²) in [6.07, 6.45) is 0. The molecule has 0 saturated carbocycles. The molecule has 1 aromatic heterocycles. The van der Waals surface area contributed by atoms with Crippen LogP contribution in [0.25, 0.3) is 0 Å². The Morgan fingerprint density at radius 3 is 2.39 bits per heavy atom. The predicted octanol–water partition coefficient (Wildman–Crippen LogP) is 1.81. The van der Waals surface area contributed by atoms with Crippen molar-refractivity contribution in [3.63, 3.8) is 0 Å². The molecule has 0 aliphatic carbocycles. The van der Waals surface area contributed by atoms with Crippen molar-refractivity contribution in [2.75, 3.05) is 6.54 Å². The molecule has 3 N–H and O–H groups in total. The van der Waals surface area contributed by atoms with Gasteiger partial charge in [-0.25, -0.2) is 8.42 Å². The zero-order valence-corrected chi connectivity index (χ0v) is 11.8. The van der Waals surface area contributed by atoms with E-state index >= 15 is 0 Å². The van der Waals surface area contributed by atoms with Crippen LogP contribution in [0.5, 0.6) is 0 Å². The van der Waals surface area contributed by atoms with Crippen molar-refractivity contribution in [2.24, 2.45) is 0 Å². The zero-order valence-electron chi connectivity index (χ0n) is 10.2. The first-order valence-corrected chi connectivity index (χ1v) is 8.11. The molecule has 0 aliphatic heterocycles. The van der Waals surface area contributed by atoms with Gasteiger partial charge < -0.3 is 5.73 Å². The average Bonchev–Trinajstić information content (AvgIpc) is 2.84. The van der Waals surface area contributed by atoms with Gasteiger partial charge in [0.05, 0.1) is 11.4 Å². The van der Waals surface area contributed by atoms with Crippen molar-refractivity contribution >= 4 is 21.2 Å². The smallest absolute Gasteiger partial charge is 0.191 e. The van der Waals surface area contributed by atoms with Crippen molar-refractivity contribution < 1.29 is 14.2 Å². The Balaban J connectivity index is 2.44. The van der Waals surface area contributed by atoms with Crippen LogP contribution in [0.4, 0.5) is 0 Å². The summed E-state index contributed by atoms with van der Waals surface area (Å²) in [6, 6.07) is 10.7. The molecular weight excluding hydrogens is 266 g/mol. The number of hydrogen-bond donors (Lipinski definition) is 1.